The summed E-state index contributed by atoms with van der Waals surface area (Å²) < 4.78 is 17.2. The van der Waals surface area contributed by atoms with Crippen molar-refractivity contribution in [3.8, 4) is 0 Å². The van der Waals surface area contributed by atoms with Gasteiger partial charge in [0.05, 0.1) is 34.1 Å². The topological polar surface area (TPSA) is 141 Å². The molecule has 11 heteroatoms. The van der Waals surface area contributed by atoms with Crippen LogP contribution in [0.1, 0.15) is 62.3 Å². The van der Waals surface area contributed by atoms with Gasteiger partial charge in [0, 0.05) is 11.4 Å². The third kappa shape index (κ3) is 9.91. The van der Waals surface area contributed by atoms with Gasteiger partial charge < -0.3 is 25.7 Å². The Morgan fingerprint density at radius 3 is 0.980 bits per heavy atom. The lowest BCUT2D eigenvalue weighted by Crippen LogP contribution is -2.35. The summed E-state index contributed by atoms with van der Waals surface area (Å²) >= 11 is 0. The van der Waals surface area contributed by atoms with E-state index in [4.69, 9.17) is 25.7 Å². The Morgan fingerprint density at radius 1 is 0.420 bits per heavy atom. The van der Waals surface area contributed by atoms with Gasteiger partial charge in [-0.2, -0.15) is 0 Å². The number of nitrogen functional groups attached to an aromatic ring is 2. The highest BCUT2D eigenvalue weighted by molar-refractivity contribution is 6.00. The van der Waals surface area contributed by atoms with Crippen LogP contribution in [-0.4, -0.2) is 35.1 Å². The first-order valence-corrected chi connectivity index (χ1v) is 16.2. The molecule has 3 amide bonds. The third-order valence-corrected chi connectivity index (χ3v) is 6.74. The second-order valence-electron chi connectivity index (χ2n) is 14.7. The molecule has 0 aromatic heterocycles. The van der Waals surface area contributed by atoms with Crippen LogP contribution in [0.3, 0.4) is 0 Å². The number of carbonyl (C=O) groups excluding carboxylic acids is 3. The smallest absolute Gasteiger partial charge is 0.419 e. The van der Waals surface area contributed by atoms with Crippen LogP contribution in [0.4, 0.5) is 59.9 Å². The number of hydrogen-bond acceptors (Lipinski definition) is 8. The summed E-state index contributed by atoms with van der Waals surface area (Å²) in [5.74, 6) is 0. The van der Waals surface area contributed by atoms with Crippen molar-refractivity contribution < 1.29 is 28.6 Å². The highest BCUT2D eigenvalue weighted by Gasteiger charge is 2.29. The Morgan fingerprint density at radius 2 is 0.700 bits per heavy atom. The first-order valence-electron chi connectivity index (χ1n) is 16.2. The second-order valence-corrected chi connectivity index (χ2v) is 14.7. The van der Waals surface area contributed by atoms with E-state index in [2.05, 4.69) is 0 Å². The first kappa shape index (κ1) is 37.1. The lowest BCUT2D eigenvalue weighted by atomic mass is 10.1. The summed E-state index contributed by atoms with van der Waals surface area (Å²) in [5, 5.41) is 0. The molecule has 0 saturated carbocycles. The monoisotopic (exact) mass is 681 g/mol. The number of carbonyl (C=O) groups is 3. The Bertz CT molecular complexity index is 1800. The van der Waals surface area contributed by atoms with Crippen molar-refractivity contribution in [1.82, 2.24) is 0 Å². The standard InChI is InChI=1S/C39H47N5O6/c1-37(2,3)48-34(45)42(28-15-13-26(40)14-16-28)29-17-19-30(20-18-29)43(35(46)49-38(4,5)6)31-21-23-32(24-22-31)44(36(47)50-39(7,8)9)33-12-10-11-27(41)25-33/h10-25H,40-41H2,1-9H3. The summed E-state index contributed by atoms with van der Waals surface area (Å²) in [5.41, 5.74) is 13.7. The van der Waals surface area contributed by atoms with Gasteiger partial charge in [0.15, 0.2) is 0 Å². The van der Waals surface area contributed by atoms with Crippen LogP contribution in [0.25, 0.3) is 0 Å². The van der Waals surface area contributed by atoms with Gasteiger partial charge >= 0.3 is 18.3 Å². The van der Waals surface area contributed by atoms with Crippen molar-refractivity contribution >= 4 is 63.8 Å². The quantitative estimate of drug-likeness (QED) is 0.151. The largest absolute Gasteiger partial charge is 0.443 e. The van der Waals surface area contributed by atoms with E-state index in [1.807, 2.05) is 0 Å². The molecule has 0 atom stereocenters. The predicted octanol–water partition coefficient (Wildman–Crippen LogP) is 10.1. The second kappa shape index (κ2) is 14.4. The normalized spacial score (nSPS) is 11.7. The molecule has 4 aromatic carbocycles. The Balaban J connectivity index is 1.76. The summed E-state index contributed by atoms with van der Waals surface area (Å²) in [6, 6.07) is 27.4. The molecule has 0 heterocycles. The average molecular weight is 682 g/mol. The van der Waals surface area contributed by atoms with Crippen molar-refractivity contribution in [1.29, 1.82) is 0 Å². The van der Waals surface area contributed by atoms with Crippen LogP contribution < -0.4 is 26.2 Å². The van der Waals surface area contributed by atoms with Crippen LogP contribution in [0, 0.1) is 0 Å². The van der Waals surface area contributed by atoms with Crippen LogP contribution in [0.5, 0.6) is 0 Å². The van der Waals surface area contributed by atoms with Gasteiger partial charge in [0.1, 0.15) is 16.8 Å². The van der Waals surface area contributed by atoms with E-state index in [0.717, 1.165) is 0 Å². The Hall–Kier alpha value is -5.71. The maximum Gasteiger partial charge on any atom is 0.419 e. The highest BCUT2D eigenvalue weighted by atomic mass is 16.6. The number of benzene rings is 4. The van der Waals surface area contributed by atoms with E-state index in [1.165, 1.54) is 14.7 Å². The van der Waals surface area contributed by atoms with E-state index in [1.54, 1.807) is 159 Å². The number of rotatable bonds is 6. The fourth-order valence-corrected chi connectivity index (χ4v) is 4.79. The minimum atomic E-state index is -0.793. The third-order valence-electron chi connectivity index (χ3n) is 6.74. The van der Waals surface area contributed by atoms with Crippen LogP contribution in [0.15, 0.2) is 97.1 Å². The van der Waals surface area contributed by atoms with E-state index in [9.17, 15) is 14.4 Å². The molecule has 0 bridgehead atoms. The van der Waals surface area contributed by atoms with E-state index in [0.29, 0.717) is 45.5 Å². The van der Waals surface area contributed by atoms with Crippen molar-refractivity contribution in [2.24, 2.45) is 0 Å². The summed E-state index contributed by atoms with van der Waals surface area (Å²) in [4.78, 5) is 44.9. The predicted molar refractivity (Wildman–Crippen MR) is 200 cm³/mol. The molecule has 0 aliphatic rings. The molecule has 0 radical (unpaired) electrons. The zero-order chi connectivity index (χ0) is 37.0. The Labute approximate surface area is 294 Å². The number of anilines is 8. The van der Waals surface area contributed by atoms with Crippen LogP contribution >= 0.6 is 0 Å². The maximum absolute atomic E-state index is 13.7. The van der Waals surface area contributed by atoms with Crippen LogP contribution in [-0.2, 0) is 14.2 Å². The van der Waals surface area contributed by atoms with Crippen molar-refractivity contribution in [2.45, 2.75) is 79.1 Å². The number of amides is 3. The molecular formula is C39H47N5O6. The lowest BCUT2D eigenvalue weighted by molar-refractivity contribution is 0.0587. The summed E-state index contributed by atoms with van der Waals surface area (Å²) in [6.07, 6.45) is -1.80. The highest BCUT2D eigenvalue weighted by Crippen LogP contribution is 2.36. The van der Waals surface area contributed by atoms with Crippen molar-refractivity contribution in [3.05, 3.63) is 97.1 Å². The molecule has 50 heavy (non-hydrogen) atoms. The minimum absolute atomic E-state index is 0.468. The molecule has 4 rings (SSSR count). The summed E-state index contributed by atoms with van der Waals surface area (Å²) in [7, 11) is 0. The van der Waals surface area contributed by atoms with Gasteiger partial charge in [0.2, 0.25) is 0 Å². The zero-order valence-corrected chi connectivity index (χ0v) is 30.2. The molecule has 0 aliphatic heterocycles. The lowest BCUT2D eigenvalue weighted by Gasteiger charge is -2.30. The zero-order valence-electron chi connectivity index (χ0n) is 30.2. The molecule has 0 saturated heterocycles. The van der Waals surface area contributed by atoms with Gasteiger partial charge in [-0.15, -0.1) is 0 Å². The SMILES string of the molecule is CC(C)(C)OC(=O)N(c1ccc(N)cc1)c1ccc(N(C(=O)OC(C)(C)C)c2ccc(N(C(=O)OC(C)(C)C)c3cccc(N)c3)cc2)cc1. The van der Waals surface area contributed by atoms with Crippen molar-refractivity contribution in [3.63, 3.8) is 0 Å². The molecule has 4 aromatic rings. The Kier molecular flexibility index (Phi) is 10.7. The first-order chi connectivity index (χ1) is 23.2. The average Bonchev–Trinajstić information content (AvgIpc) is 2.97. The van der Waals surface area contributed by atoms with Crippen LogP contribution in [0.2, 0.25) is 0 Å². The van der Waals surface area contributed by atoms with Gasteiger partial charge in [-0.05, 0) is 153 Å². The number of hydrogen-bond donors (Lipinski definition) is 2. The fraction of sp³-hybridized carbons (Fsp3) is 0.308. The molecule has 0 unspecified atom stereocenters. The maximum atomic E-state index is 13.7. The van der Waals surface area contributed by atoms with Gasteiger partial charge in [-0.25, -0.2) is 29.1 Å². The minimum Gasteiger partial charge on any atom is -0.443 e. The molecule has 11 nitrogen and oxygen atoms in total. The molecule has 0 spiro atoms. The fourth-order valence-electron chi connectivity index (χ4n) is 4.79. The van der Waals surface area contributed by atoms with Gasteiger partial charge in [-0.1, -0.05) is 6.07 Å². The van der Waals surface area contributed by atoms with E-state index >= 15 is 0 Å². The van der Waals surface area contributed by atoms with E-state index in [-0.39, 0.29) is 0 Å². The molecule has 264 valence electrons. The molecule has 0 fully saturated rings. The molecule has 4 N–H and O–H groups in total. The summed E-state index contributed by atoms with van der Waals surface area (Å²) in [6.45, 7) is 16.1. The van der Waals surface area contributed by atoms with E-state index < -0.39 is 35.1 Å². The molecule has 0 aliphatic carbocycles. The van der Waals surface area contributed by atoms with Crippen molar-refractivity contribution in [2.75, 3.05) is 26.2 Å². The number of nitrogens with zero attached hydrogens (tertiary/aromatic N) is 3. The van der Waals surface area contributed by atoms with Gasteiger partial charge in [-0.3, -0.25) is 0 Å². The number of nitrogens with two attached hydrogens (primary N) is 2. The van der Waals surface area contributed by atoms with Gasteiger partial charge in [0.25, 0.3) is 0 Å². The molecular weight excluding hydrogens is 634 g/mol. The number of ether oxygens (including phenoxy) is 3.